The number of hydrogen-bond acceptors (Lipinski definition) is 5. The fourth-order valence-electron chi connectivity index (χ4n) is 4.90. The number of pyridine rings is 1. The minimum atomic E-state index is -4.55. The number of nitriles is 1. The molecule has 2 aromatic carbocycles. The van der Waals surface area contributed by atoms with Gasteiger partial charge < -0.3 is 9.80 Å². The number of carbonyl (C=O) groups is 1. The Labute approximate surface area is 252 Å². The lowest BCUT2D eigenvalue weighted by molar-refractivity contribution is -0.870. The summed E-state index contributed by atoms with van der Waals surface area (Å²) in [6, 6.07) is 15.3. The van der Waals surface area contributed by atoms with Crippen LogP contribution < -0.4 is 10.6 Å². The molecule has 0 aliphatic heterocycles. The molecule has 0 aliphatic rings. The number of nitrogens with zero attached hydrogens (tertiary/aromatic N) is 7. The van der Waals surface area contributed by atoms with Gasteiger partial charge in [-0.15, -0.1) is 5.10 Å². The van der Waals surface area contributed by atoms with Crippen LogP contribution in [0.3, 0.4) is 0 Å². The van der Waals surface area contributed by atoms with Crippen molar-refractivity contribution >= 4 is 17.6 Å². The molecule has 0 saturated carbocycles. The third-order valence-corrected chi connectivity index (χ3v) is 7.04. The van der Waals surface area contributed by atoms with Crippen LogP contribution in [0.1, 0.15) is 23.1 Å². The Balaban J connectivity index is 1.59. The van der Waals surface area contributed by atoms with Gasteiger partial charge in [0.25, 0.3) is 5.95 Å². The number of hydrogen-bond donors (Lipinski definition) is 2. The summed E-state index contributed by atoms with van der Waals surface area (Å²) in [5.41, 5.74) is 3.27. The number of aromatic nitrogens is 5. The van der Waals surface area contributed by atoms with E-state index in [1.165, 1.54) is 10.6 Å². The van der Waals surface area contributed by atoms with Crippen LogP contribution in [0.4, 0.5) is 23.9 Å². The van der Waals surface area contributed by atoms with E-state index in [0.29, 0.717) is 40.2 Å². The number of nitrogens with one attached hydrogen (secondary N) is 2. The van der Waals surface area contributed by atoms with Crippen molar-refractivity contribution in [1.29, 1.82) is 5.26 Å². The highest BCUT2D eigenvalue weighted by atomic mass is 19.4. The molecule has 0 fully saturated rings. The number of fused-ring (bicyclic) bond motifs is 1. The van der Waals surface area contributed by atoms with E-state index in [1.807, 2.05) is 0 Å². The summed E-state index contributed by atoms with van der Waals surface area (Å²) in [6.45, 7) is 3.12. The molecule has 0 saturated heterocycles. The molecule has 0 spiro atoms. The number of urea groups is 1. The van der Waals surface area contributed by atoms with Crippen LogP contribution in [-0.2, 0) is 6.18 Å². The summed E-state index contributed by atoms with van der Waals surface area (Å²) in [5.74, 6) is -0.000483. The minimum absolute atomic E-state index is 0.000483. The quantitative estimate of drug-likeness (QED) is 0.176. The number of alkyl halides is 3. The van der Waals surface area contributed by atoms with E-state index in [9.17, 15) is 23.2 Å². The zero-order valence-corrected chi connectivity index (χ0v) is 24.6. The maximum Gasteiger partial charge on any atom is 0.416 e. The monoisotopic (exact) mass is 602 g/mol. The van der Waals surface area contributed by atoms with Gasteiger partial charge in [0, 0.05) is 30.3 Å². The fraction of sp³-hybridized carbons (Fsp3) is 0.258. The number of anilines is 1. The molecule has 2 amide bonds. The highest BCUT2D eigenvalue weighted by Gasteiger charge is 2.31. The number of halogens is 3. The number of quaternary nitrogens is 1. The Bertz CT molecular complexity index is 1860. The molecule has 226 valence electrons. The molecule has 0 atom stereocenters. The molecule has 0 aliphatic carbocycles. The molecule has 5 rings (SSSR count). The second-order valence-electron chi connectivity index (χ2n) is 11.4. The van der Waals surface area contributed by atoms with Crippen LogP contribution in [0, 0.1) is 18.3 Å². The summed E-state index contributed by atoms with van der Waals surface area (Å²) in [4.78, 5) is 17.1. The van der Waals surface area contributed by atoms with Gasteiger partial charge in [0.05, 0.1) is 62.5 Å². The Morgan fingerprint density at radius 3 is 2.52 bits per heavy atom. The Kier molecular flexibility index (Phi) is 8.12. The highest BCUT2D eigenvalue weighted by Crippen LogP contribution is 2.38. The van der Waals surface area contributed by atoms with Crippen LogP contribution in [0.5, 0.6) is 0 Å². The lowest BCUT2D eigenvalue weighted by Gasteiger charge is -2.23. The van der Waals surface area contributed by atoms with E-state index in [2.05, 4.69) is 53.0 Å². The van der Waals surface area contributed by atoms with Crippen molar-refractivity contribution < 1.29 is 22.4 Å². The predicted molar refractivity (Wildman–Crippen MR) is 160 cm³/mol. The summed E-state index contributed by atoms with van der Waals surface area (Å²) in [5, 5.41) is 23.5. The predicted octanol–water partition coefficient (Wildman–Crippen LogP) is 5.67. The molecule has 2 N–H and O–H groups in total. The average Bonchev–Trinajstić information content (AvgIpc) is 3.61. The largest absolute Gasteiger partial charge is 0.416 e. The van der Waals surface area contributed by atoms with Crippen molar-refractivity contribution in [3.8, 4) is 34.1 Å². The van der Waals surface area contributed by atoms with Gasteiger partial charge in [-0.2, -0.15) is 28.5 Å². The maximum absolute atomic E-state index is 13.7. The van der Waals surface area contributed by atoms with Crippen molar-refractivity contribution in [2.45, 2.75) is 19.5 Å². The first-order chi connectivity index (χ1) is 20.8. The summed E-state index contributed by atoms with van der Waals surface area (Å²) in [6.07, 6.45) is -0.463. The topological polar surface area (TPSA) is 113 Å². The van der Waals surface area contributed by atoms with Crippen molar-refractivity contribution in [3.05, 3.63) is 83.7 Å². The summed E-state index contributed by atoms with van der Waals surface area (Å²) >= 11 is 0. The molecular formula is C31H31F3N9O+. The maximum atomic E-state index is 13.7. The highest BCUT2D eigenvalue weighted by molar-refractivity contribution is 5.90. The average molecular weight is 603 g/mol. The van der Waals surface area contributed by atoms with Crippen LogP contribution in [0.2, 0.25) is 0 Å². The molecule has 10 nitrogen and oxygen atoms in total. The Morgan fingerprint density at radius 1 is 1.09 bits per heavy atom. The molecule has 3 aromatic heterocycles. The van der Waals surface area contributed by atoms with Gasteiger partial charge in [-0.25, -0.2) is 14.0 Å². The van der Waals surface area contributed by atoms with Gasteiger partial charge in [0.2, 0.25) is 0 Å². The van der Waals surface area contributed by atoms with Crippen LogP contribution in [0.25, 0.3) is 33.7 Å². The standard InChI is InChI=1S/C31H30F3N9O/c1-20-25(26-13-15-37-42(26)24-11-9-21(18-35)10-12-24)19-41-28(27(20)22-7-5-8-23(17-22)31(32,33)34)38-29(40-41)39-30(44)36-14-6-16-43(2,3)4/h5,7-13,15,17,19H,6,14,16H2,1-4H3,(H-,36,39,40,44)/p+1. The van der Waals surface area contributed by atoms with Crippen LogP contribution in [-0.4, -0.2) is 69.1 Å². The molecular weight excluding hydrogens is 571 g/mol. The number of amides is 2. The van der Waals surface area contributed by atoms with Crippen LogP contribution in [0.15, 0.2) is 67.0 Å². The van der Waals surface area contributed by atoms with E-state index >= 15 is 0 Å². The molecule has 0 bridgehead atoms. The van der Waals surface area contributed by atoms with E-state index in [1.54, 1.807) is 60.4 Å². The van der Waals surface area contributed by atoms with E-state index < -0.39 is 17.8 Å². The fourth-order valence-corrected chi connectivity index (χ4v) is 4.90. The zero-order valence-electron chi connectivity index (χ0n) is 24.6. The third kappa shape index (κ3) is 6.55. The van der Waals surface area contributed by atoms with Gasteiger partial charge in [-0.05, 0) is 60.5 Å². The molecule has 5 aromatic rings. The first-order valence-electron chi connectivity index (χ1n) is 13.8. The Morgan fingerprint density at radius 2 is 1.84 bits per heavy atom. The molecule has 44 heavy (non-hydrogen) atoms. The van der Waals surface area contributed by atoms with Gasteiger partial charge in [0.15, 0.2) is 5.65 Å². The van der Waals surface area contributed by atoms with Crippen molar-refractivity contribution in [1.82, 2.24) is 29.7 Å². The van der Waals surface area contributed by atoms with Crippen molar-refractivity contribution in [2.24, 2.45) is 0 Å². The number of carbonyl (C=O) groups excluding carboxylic acids is 1. The second kappa shape index (κ2) is 11.8. The minimum Gasteiger partial charge on any atom is -0.338 e. The second-order valence-corrected chi connectivity index (χ2v) is 11.4. The first-order valence-corrected chi connectivity index (χ1v) is 13.8. The SMILES string of the molecule is Cc1c(-c2ccnn2-c2ccc(C#N)cc2)cn2nc(NC(=O)NCCC[N+](C)(C)C)nc2c1-c1cccc(C(F)(F)F)c1. The summed E-state index contributed by atoms with van der Waals surface area (Å²) < 4.78 is 45.0. The van der Waals surface area contributed by atoms with E-state index in [0.717, 1.165) is 29.6 Å². The zero-order chi connectivity index (χ0) is 31.6. The smallest absolute Gasteiger partial charge is 0.338 e. The molecule has 3 heterocycles. The van der Waals surface area contributed by atoms with Crippen molar-refractivity contribution in [2.75, 3.05) is 39.5 Å². The lowest BCUT2D eigenvalue weighted by Crippen LogP contribution is -2.38. The van der Waals surface area contributed by atoms with Crippen LogP contribution >= 0.6 is 0 Å². The molecule has 0 radical (unpaired) electrons. The van der Waals surface area contributed by atoms with E-state index in [4.69, 9.17) is 0 Å². The van der Waals surface area contributed by atoms with Gasteiger partial charge in [-0.1, -0.05) is 12.1 Å². The van der Waals surface area contributed by atoms with Crippen molar-refractivity contribution in [3.63, 3.8) is 0 Å². The Hall–Kier alpha value is -5.22. The first kappa shape index (κ1) is 30.2. The summed E-state index contributed by atoms with van der Waals surface area (Å²) in [7, 11) is 6.20. The van der Waals surface area contributed by atoms with Gasteiger partial charge in [-0.3, -0.25) is 5.32 Å². The van der Waals surface area contributed by atoms with Gasteiger partial charge >= 0.3 is 12.2 Å². The lowest BCUT2D eigenvalue weighted by atomic mass is 9.95. The third-order valence-electron chi connectivity index (χ3n) is 7.04. The normalized spacial score (nSPS) is 11.9. The molecule has 13 heteroatoms. The van der Waals surface area contributed by atoms with Gasteiger partial charge in [0.1, 0.15) is 0 Å². The van der Waals surface area contributed by atoms with E-state index in [-0.39, 0.29) is 17.2 Å². The number of rotatable bonds is 8. The molecule has 0 unspecified atom stereocenters. The number of benzene rings is 2.